The van der Waals surface area contributed by atoms with Crippen LogP contribution in [0.2, 0.25) is 10.0 Å². The lowest BCUT2D eigenvalue weighted by Gasteiger charge is -2.11. The largest absolute Gasteiger partial charge is 0.491 e. The van der Waals surface area contributed by atoms with Gasteiger partial charge < -0.3 is 10.1 Å². The van der Waals surface area contributed by atoms with Crippen LogP contribution < -0.4 is 10.1 Å². The molecule has 0 heterocycles. The van der Waals surface area contributed by atoms with Crippen LogP contribution in [0.5, 0.6) is 5.75 Å². The molecule has 0 saturated heterocycles. The molecule has 0 bridgehead atoms. The van der Waals surface area contributed by atoms with Gasteiger partial charge in [-0.25, -0.2) is 0 Å². The van der Waals surface area contributed by atoms with Gasteiger partial charge in [0.05, 0.1) is 5.02 Å². The lowest BCUT2D eigenvalue weighted by atomic mass is 10.3. The van der Waals surface area contributed by atoms with Crippen molar-refractivity contribution in [3.05, 3.63) is 28.2 Å². The van der Waals surface area contributed by atoms with Gasteiger partial charge in [0.15, 0.2) is 0 Å². The molecule has 0 radical (unpaired) electrons. The predicted molar refractivity (Wildman–Crippen MR) is 72.3 cm³/mol. The van der Waals surface area contributed by atoms with Crippen molar-refractivity contribution in [3.63, 3.8) is 0 Å². The summed E-state index contributed by atoms with van der Waals surface area (Å²) in [4.78, 5) is 0. The van der Waals surface area contributed by atoms with E-state index in [2.05, 4.69) is 19.2 Å². The fraction of sp³-hybridized carbons (Fsp3) is 0.455. The van der Waals surface area contributed by atoms with Crippen molar-refractivity contribution < 1.29 is 4.74 Å². The summed E-state index contributed by atoms with van der Waals surface area (Å²) in [5, 5.41) is 4.24. The molecule has 1 rings (SSSR count). The summed E-state index contributed by atoms with van der Waals surface area (Å²) < 4.78 is 5.49. The molecular formula is C11H16Cl3NO. The van der Waals surface area contributed by atoms with Crippen LogP contribution in [0.4, 0.5) is 0 Å². The van der Waals surface area contributed by atoms with E-state index >= 15 is 0 Å². The standard InChI is InChI=1S/C11H15Cl2NO.ClH/c1-8(2)14-6-7-15-10-5-3-4-9(12)11(10)13;/h3-5,8,14H,6-7H2,1-2H3;1H. The first-order valence-electron chi connectivity index (χ1n) is 4.91. The summed E-state index contributed by atoms with van der Waals surface area (Å²) >= 11 is 11.8. The Labute approximate surface area is 113 Å². The van der Waals surface area contributed by atoms with Gasteiger partial charge in [-0.3, -0.25) is 0 Å². The normalized spacial score (nSPS) is 10.1. The third-order valence-corrected chi connectivity index (χ3v) is 2.63. The molecule has 0 fully saturated rings. The molecule has 0 amide bonds. The van der Waals surface area contributed by atoms with E-state index in [0.717, 1.165) is 6.54 Å². The minimum absolute atomic E-state index is 0. The third kappa shape index (κ3) is 5.26. The molecule has 1 N–H and O–H groups in total. The quantitative estimate of drug-likeness (QED) is 0.831. The molecule has 0 aliphatic rings. The Bertz CT molecular complexity index is 318. The minimum Gasteiger partial charge on any atom is -0.491 e. The molecule has 1 aromatic carbocycles. The molecule has 92 valence electrons. The highest BCUT2D eigenvalue weighted by atomic mass is 35.5. The molecule has 0 unspecified atom stereocenters. The van der Waals surface area contributed by atoms with E-state index in [4.69, 9.17) is 27.9 Å². The van der Waals surface area contributed by atoms with E-state index in [-0.39, 0.29) is 12.4 Å². The topological polar surface area (TPSA) is 21.3 Å². The Kier molecular flexibility index (Phi) is 7.94. The first-order valence-corrected chi connectivity index (χ1v) is 5.67. The zero-order valence-corrected chi connectivity index (χ0v) is 11.6. The van der Waals surface area contributed by atoms with E-state index in [9.17, 15) is 0 Å². The van der Waals surface area contributed by atoms with Crippen molar-refractivity contribution in [1.29, 1.82) is 0 Å². The average Bonchev–Trinajstić information content (AvgIpc) is 2.18. The minimum atomic E-state index is 0. The molecule has 0 atom stereocenters. The number of halogens is 3. The number of hydrogen-bond donors (Lipinski definition) is 1. The van der Waals surface area contributed by atoms with E-state index < -0.39 is 0 Å². The van der Waals surface area contributed by atoms with Crippen LogP contribution in [0, 0.1) is 0 Å². The Hall–Kier alpha value is -0.150. The summed E-state index contributed by atoms with van der Waals surface area (Å²) in [6.45, 7) is 5.55. The van der Waals surface area contributed by atoms with Gasteiger partial charge in [-0.2, -0.15) is 0 Å². The fourth-order valence-electron chi connectivity index (χ4n) is 1.10. The first-order chi connectivity index (χ1) is 7.11. The number of ether oxygens (including phenoxy) is 1. The molecule has 0 aromatic heterocycles. The van der Waals surface area contributed by atoms with Crippen molar-refractivity contribution in [3.8, 4) is 5.75 Å². The van der Waals surface area contributed by atoms with E-state index in [1.165, 1.54) is 0 Å². The summed E-state index contributed by atoms with van der Waals surface area (Å²) in [6.07, 6.45) is 0. The zero-order chi connectivity index (χ0) is 11.3. The van der Waals surface area contributed by atoms with Crippen LogP contribution in [0.3, 0.4) is 0 Å². The van der Waals surface area contributed by atoms with Crippen LogP contribution in [0.25, 0.3) is 0 Å². The highest BCUT2D eigenvalue weighted by Gasteiger charge is 2.04. The molecule has 1 aromatic rings. The van der Waals surface area contributed by atoms with Crippen LogP contribution in [0.15, 0.2) is 18.2 Å². The molecule has 16 heavy (non-hydrogen) atoms. The van der Waals surface area contributed by atoms with E-state index in [0.29, 0.717) is 28.4 Å². The highest BCUT2D eigenvalue weighted by molar-refractivity contribution is 6.42. The van der Waals surface area contributed by atoms with Crippen LogP contribution >= 0.6 is 35.6 Å². The molecule has 0 spiro atoms. The SMILES string of the molecule is CC(C)NCCOc1cccc(Cl)c1Cl.Cl. The summed E-state index contributed by atoms with van der Waals surface area (Å²) in [5.74, 6) is 0.634. The highest BCUT2D eigenvalue weighted by Crippen LogP contribution is 2.31. The fourth-order valence-corrected chi connectivity index (χ4v) is 1.45. The van der Waals surface area contributed by atoms with E-state index in [1.807, 2.05) is 12.1 Å². The van der Waals surface area contributed by atoms with Crippen molar-refractivity contribution in [2.24, 2.45) is 0 Å². The lowest BCUT2D eigenvalue weighted by Crippen LogP contribution is -2.27. The maximum Gasteiger partial charge on any atom is 0.139 e. The van der Waals surface area contributed by atoms with Crippen molar-refractivity contribution in [2.75, 3.05) is 13.2 Å². The third-order valence-electron chi connectivity index (χ3n) is 1.83. The van der Waals surface area contributed by atoms with Gasteiger partial charge in [-0.15, -0.1) is 12.4 Å². The monoisotopic (exact) mass is 283 g/mol. The number of nitrogens with one attached hydrogen (secondary N) is 1. The maximum atomic E-state index is 5.96. The first kappa shape index (κ1) is 15.9. The Morgan fingerprint density at radius 2 is 2.00 bits per heavy atom. The van der Waals surface area contributed by atoms with Crippen LogP contribution in [0.1, 0.15) is 13.8 Å². The van der Waals surface area contributed by atoms with Gasteiger partial charge in [0.1, 0.15) is 17.4 Å². The second-order valence-electron chi connectivity index (χ2n) is 3.51. The number of benzene rings is 1. The van der Waals surface area contributed by atoms with Crippen molar-refractivity contribution in [1.82, 2.24) is 5.32 Å². The smallest absolute Gasteiger partial charge is 0.139 e. The molecular weight excluding hydrogens is 268 g/mol. The van der Waals surface area contributed by atoms with Gasteiger partial charge >= 0.3 is 0 Å². The Morgan fingerprint density at radius 3 is 2.62 bits per heavy atom. The van der Waals surface area contributed by atoms with Gasteiger partial charge in [0, 0.05) is 12.6 Å². The Morgan fingerprint density at radius 1 is 1.31 bits per heavy atom. The summed E-state index contributed by atoms with van der Waals surface area (Å²) in [7, 11) is 0. The second kappa shape index (κ2) is 8.02. The number of rotatable bonds is 5. The Balaban J connectivity index is 0.00000225. The van der Waals surface area contributed by atoms with Crippen molar-refractivity contribution >= 4 is 35.6 Å². The van der Waals surface area contributed by atoms with Crippen LogP contribution in [-0.4, -0.2) is 19.2 Å². The summed E-state index contributed by atoms with van der Waals surface area (Å²) in [6, 6.07) is 5.83. The second-order valence-corrected chi connectivity index (χ2v) is 4.29. The molecule has 0 aliphatic carbocycles. The maximum absolute atomic E-state index is 5.96. The molecule has 2 nitrogen and oxygen atoms in total. The molecule has 0 saturated carbocycles. The van der Waals surface area contributed by atoms with Gasteiger partial charge in [-0.05, 0) is 12.1 Å². The van der Waals surface area contributed by atoms with Gasteiger partial charge in [0.2, 0.25) is 0 Å². The van der Waals surface area contributed by atoms with Crippen LogP contribution in [-0.2, 0) is 0 Å². The van der Waals surface area contributed by atoms with Crippen molar-refractivity contribution in [2.45, 2.75) is 19.9 Å². The lowest BCUT2D eigenvalue weighted by molar-refractivity contribution is 0.309. The average molecular weight is 285 g/mol. The van der Waals surface area contributed by atoms with Gasteiger partial charge in [-0.1, -0.05) is 43.1 Å². The van der Waals surface area contributed by atoms with E-state index in [1.54, 1.807) is 6.07 Å². The predicted octanol–water partition coefficient (Wildman–Crippen LogP) is 3.79. The molecule has 5 heteroatoms. The summed E-state index contributed by atoms with van der Waals surface area (Å²) in [5.41, 5.74) is 0. The molecule has 0 aliphatic heterocycles. The van der Waals surface area contributed by atoms with Gasteiger partial charge in [0.25, 0.3) is 0 Å². The number of hydrogen-bond acceptors (Lipinski definition) is 2. The zero-order valence-electron chi connectivity index (χ0n) is 9.30.